The molecule has 5 nitrogen and oxygen atoms in total. The first-order valence-electron chi connectivity index (χ1n) is 6.73. The van der Waals surface area contributed by atoms with Crippen molar-refractivity contribution in [2.75, 3.05) is 6.54 Å². The third-order valence-corrected chi connectivity index (χ3v) is 3.32. The molecule has 1 N–H and O–H groups in total. The monoisotopic (exact) mass is 351 g/mol. The molecule has 0 aliphatic heterocycles. The highest BCUT2D eigenvalue weighted by atomic mass is 79.9. The summed E-state index contributed by atoms with van der Waals surface area (Å²) in [5.41, 5.74) is 0.457. The molecule has 6 heteroatoms. The number of amides is 1. The average Bonchev–Trinajstić information content (AvgIpc) is 2.87. The molecule has 1 aromatic carbocycles. The van der Waals surface area contributed by atoms with Crippen LogP contribution in [0.15, 0.2) is 33.3 Å². The van der Waals surface area contributed by atoms with E-state index < -0.39 is 0 Å². The van der Waals surface area contributed by atoms with Gasteiger partial charge in [-0.25, -0.2) is 0 Å². The van der Waals surface area contributed by atoms with E-state index in [4.69, 9.17) is 4.52 Å². The highest BCUT2D eigenvalue weighted by Crippen LogP contribution is 2.19. The lowest BCUT2D eigenvalue weighted by Gasteiger charge is -2.10. The van der Waals surface area contributed by atoms with Gasteiger partial charge in [0, 0.05) is 28.4 Å². The summed E-state index contributed by atoms with van der Waals surface area (Å²) in [4.78, 5) is 16.3. The van der Waals surface area contributed by atoms with Crippen molar-refractivity contribution in [3.8, 4) is 0 Å². The van der Waals surface area contributed by atoms with E-state index in [1.54, 1.807) is 12.1 Å². The average molecular weight is 352 g/mol. The third kappa shape index (κ3) is 4.39. The number of halogens is 1. The molecule has 0 aliphatic rings. The molecule has 0 spiro atoms. The molecule has 112 valence electrons. The van der Waals surface area contributed by atoms with Crippen molar-refractivity contribution in [2.45, 2.75) is 32.6 Å². The standard InChI is InChI=1S/C15H18BrN3O2/c1-15(2,3)14-18-12(19-21-14)7-8-17-13(20)10-5-4-6-11(16)9-10/h4-6,9H,7-8H2,1-3H3,(H,17,20). The molecule has 1 aromatic heterocycles. The SMILES string of the molecule is CC(C)(C)c1nc(CCNC(=O)c2cccc(Br)c2)no1. The quantitative estimate of drug-likeness (QED) is 0.918. The van der Waals surface area contributed by atoms with Gasteiger partial charge in [-0.1, -0.05) is 47.9 Å². The number of nitrogens with one attached hydrogen (secondary N) is 1. The largest absolute Gasteiger partial charge is 0.352 e. The molecule has 0 aliphatic carbocycles. The molecule has 0 atom stereocenters. The van der Waals surface area contributed by atoms with Crippen molar-refractivity contribution < 1.29 is 9.32 Å². The van der Waals surface area contributed by atoms with Crippen LogP contribution in [0.3, 0.4) is 0 Å². The number of carbonyl (C=O) groups is 1. The van der Waals surface area contributed by atoms with Crippen LogP contribution < -0.4 is 5.32 Å². The van der Waals surface area contributed by atoms with E-state index in [0.717, 1.165) is 4.47 Å². The molecule has 2 rings (SSSR count). The Kier molecular flexibility index (Phi) is 4.77. The summed E-state index contributed by atoms with van der Waals surface area (Å²) in [6.45, 7) is 6.51. The highest BCUT2D eigenvalue weighted by molar-refractivity contribution is 9.10. The Bertz CT molecular complexity index is 632. The van der Waals surface area contributed by atoms with Crippen LogP contribution in [-0.2, 0) is 11.8 Å². The molecule has 0 saturated carbocycles. The van der Waals surface area contributed by atoms with Crippen molar-refractivity contribution in [3.63, 3.8) is 0 Å². The number of hydrogen-bond donors (Lipinski definition) is 1. The molecular weight excluding hydrogens is 334 g/mol. The van der Waals surface area contributed by atoms with Crippen molar-refractivity contribution >= 4 is 21.8 Å². The summed E-state index contributed by atoms with van der Waals surface area (Å²) in [7, 11) is 0. The number of carbonyl (C=O) groups excluding carboxylic acids is 1. The van der Waals surface area contributed by atoms with Gasteiger partial charge in [-0.05, 0) is 18.2 Å². The van der Waals surface area contributed by atoms with Crippen molar-refractivity contribution in [3.05, 3.63) is 46.0 Å². The van der Waals surface area contributed by atoms with Crippen molar-refractivity contribution in [2.24, 2.45) is 0 Å². The van der Waals surface area contributed by atoms with Crippen LogP contribution in [0.4, 0.5) is 0 Å². The Morgan fingerprint density at radius 1 is 1.38 bits per heavy atom. The van der Waals surface area contributed by atoms with Gasteiger partial charge in [0.2, 0.25) is 5.89 Å². The predicted octanol–water partition coefficient (Wildman–Crippen LogP) is 3.10. The molecule has 0 radical (unpaired) electrons. The van der Waals surface area contributed by atoms with E-state index >= 15 is 0 Å². The van der Waals surface area contributed by atoms with E-state index in [2.05, 4.69) is 31.4 Å². The van der Waals surface area contributed by atoms with E-state index in [1.165, 1.54) is 0 Å². The van der Waals surface area contributed by atoms with Crippen molar-refractivity contribution in [1.82, 2.24) is 15.5 Å². The maximum atomic E-state index is 12.0. The lowest BCUT2D eigenvalue weighted by Crippen LogP contribution is -2.26. The molecule has 0 unspecified atom stereocenters. The lowest BCUT2D eigenvalue weighted by molar-refractivity contribution is 0.0954. The zero-order chi connectivity index (χ0) is 15.5. The second-order valence-corrected chi connectivity index (χ2v) is 6.70. The first kappa shape index (κ1) is 15.7. The summed E-state index contributed by atoms with van der Waals surface area (Å²) in [6.07, 6.45) is 0.541. The first-order chi connectivity index (χ1) is 9.86. The van der Waals surface area contributed by atoms with Gasteiger partial charge in [-0.2, -0.15) is 4.98 Å². The van der Waals surface area contributed by atoms with Gasteiger partial charge in [0.05, 0.1) is 0 Å². The Balaban J connectivity index is 1.87. The van der Waals surface area contributed by atoms with Crippen LogP contribution in [0, 0.1) is 0 Å². The summed E-state index contributed by atoms with van der Waals surface area (Å²) >= 11 is 3.34. The number of aromatic nitrogens is 2. The van der Waals surface area contributed by atoms with E-state index in [9.17, 15) is 4.79 Å². The first-order valence-corrected chi connectivity index (χ1v) is 7.52. The fraction of sp³-hybridized carbons (Fsp3) is 0.400. The number of hydrogen-bond acceptors (Lipinski definition) is 4. The van der Waals surface area contributed by atoms with Crippen LogP contribution in [-0.4, -0.2) is 22.6 Å². The minimum atomic E-state index is -0.162. The van der Waals surface area contributed by atoms with Crippen LogP contribution in [0.5, 0.6) is 0 Å². The zero-order valence-electron chi connectivity index (χ0n) is 12.3. The zero-order valence-corrected chi connectivity index (χ0v) is 13.9. The van der Waals surface area contributed by atoms with Crippen LogP contribution in [0.25, 0.3) is 0 Å². The molecule has 1 heterocycles. The van der Waals surface area contributed by atoms with Crippen LogP contribution in [0.1, 0.15) is 42.8 Å². The van der Waals surface area contributed by atoms with Gasteiger partial charge >= 0.3 is 0 Å². The molecule has 0 bridgehead atoms. The minimum absolute atomic E-state index is 0.115. The van der Waals surface area contributed by atoms with Crippen LogP contribution >= 0.6 is 15.9 Å². The number of benzene rings is 1. The third-order valence-electron chi connectivity index (χ3n) is 2.83. The maximum absolute atomic E-state index is 12.0. The van der Waals surface area contributed by atoms with Gasteiger partial charge in [0.15, 0.2) is 5.82 Å². The highest BCUT2D eigenvalue weighted by Gasteiger charge is 2.21. The molecule has 2 aromatic rings. The molecular formula is C15H18BrN3O2. The predicted molar refractivity (Wildman–Crippen MR) is 83.2 cm³/mol. The maximum Gasteiger partial charge on any atom is 0.251 e. The van der Waals surface area contributed by atoms with E-state index in [-0.39, 0.29) is 11.3 Å². The van der Waals surface area contributed by atoms with Crippen molar-refractivity contribution in [1.29, 1.82) is 0 Å². The molecule has 1 amide bonds. The fourth-order valence-electron chi connectivity index (χ4n) is 1.68. The lowest BCUT2D eigenvalue weighted by atomic mass is 9.97. The summed E-state index contributed by atoms with van der Waals surface area (Å²) in [5.74, 6) is 1.10. The number of nitrogens with zero attached hydrogens (tertiary/aromatic N) is 2. The molecule has 21 heavy (non-hydrogen) atoms. The molecule has 0 fully saturated rings. The van der Waals surface area contributed by atoms with E-state index in [1.807, 2.05) is 32.9 Å². The second kappa shape index (κ2) is 6.39. The Morgan fingerprint density at radius 2 is 2.14 bits per heavy atom. The van der Waals surface area contributed by atoms with Gasteiger partial charge in [0.25, 0.3) is 5.91 Å². The smallest absolute Gasteiger partial charge is 0.251 e. The van der Waals surface area contributed by atoms with E-state index in [0.29, 0.717) is 30.2 Å². The topological polar surface area (TPSA) is 68.0 Å². The minimum Gasteiger partial charge on any atom is -0.352 e. The molecule has 0 saturated heterocycles. The summed E-state index contributed by atoms with van der Waals surface area (Å²) in [5, 5.41) is 6.76. The van der Waals surface area contributed by atoms with Gasteiger partial charge in [0.1, 0.15) is 0 Å². The summed E-state index contributed by atoms with van der Waals surface area (Å²) in [6, 6.07) is 7.26. The second-order valence-electron chi connectivity index (χ2n) is 5.78. The van der Waals surface area contributed by atoms with Gasteiger partial charge in [-0.15, -0.1) is 0 Å². The Morgan fingerprint density at radius 3 is 2.76 bits per heavy atom. The van der Waals surface area contributed by atoms with Crippen LogP contribution in [0.2, 0.25) is 0 Å². The normalized spacial score (nSPS) is 11.4. The fourth-order valence-corrected chi connectivity index (χ4v) is 2.08. The summed E-state index contributed by atoms with van der Waals surface area (Å²) < 4.78 is 6.08. The Labute approximate surface area is 132 Å². The Hall–Kier alpha value is -1.69. The number of rotatable bonds is 4. The van der Waals surface area contributed by atoms with Gasteiger partial charge in [-0.3, -0.25) is 4.79 Å². The van der Waals surface area contributed by atoms with Gasteiger partial charge < -0.3 is 9.84 Å².